The number of nitrogens with zero attached hydrogens (tertiary/aromatic N) is 4. The molecule has 0 radical (unpaired) electrons. The molecule has 74 heavy (non-hydrogen) atoms. The fourth-order valence-corrected chi connectivity index (χ4v) is 10.9. The molecular formula is C67H45F3N4. The summed E-state index contributed by atoms with van der Waals surface area (Å²) in [5, 5.41) is 14.9. The van der Waals surface area contributed by atoms with Gasteiger partial charge in [0.2, 0.25) is 0 Å². The van der Waals surface area contributed by atoms with Crippen LogP contribution in [0.1, 0.15) is 33.4 Å². The largest absolute Gasteiger partial charge is 0.415 e. The van der Waals surface area contributed by atoms with Gasteiger partial charge in [-0.2, -0.15) is 18.4 Å². The lowest BCUT2D eigenvalue weighted by molar-refractivity contribution is -0.137. The van der Waals surface area contributed by atoms with E-state index in [2.05, 4.69) is 218 Å². The molecule has 354 valence electrons. The van der Waals surface area contributed by atoms with Crippen molar-refractivity contribution in [3.05, 3.63) is 245 Å². The fourth-order valence-electron chi connectivity index (χ4n) is 10.9. The minimum atomic E-state index is -4.69. The van der Waals surface area contributed by atoms with E-state index in [1.54, 1.807) is 0 Å². The van der Waals surface area contributed by atoms with Crippen molar-refractivity contribution in [2.24, 2.45) is 0 Å². The third-order valence-electron chi connectivity index (χ3n) is 14.4. The first-order chi connectivity index (χ1) is 35.8. The molecule has 0 N–H and O–H groups in total. The Labute approximate surface area is 426 Å². The average Bonchev–Trinajstić information content (AvgIpc) is 3.91. The Kier molecular flexibility index (Phi) is 10.9. The van der Waals surface area contributed by atoms with Crippen molar-refractivity contribution in [3.8, 4) is 73.1 Å². The Balaban J connectivity index is 1.22. The number of hydrogen-bond acceptors (Lipinski definition) is 1. The molecule has 0 spiro atoms. The third kappa shape index (κ3) is 7.87. The van der Waals surface area contributed by atoms with E-state index in [0.717, 1.165) is 123 Å². The number of halogens is 3. The van der Waals surface area contributed by atoms with E-state index in [9.17, 15) is 18.4 Å². The van der Waals surface area contributed by atoms with E-state index in [1.807, 2.05) is 12.1 Å². The predicted molar refractivity (Wildman–Crippen MR) is 297 cm³/mol. The summed E-state index contributed by atoms with van der Waals surface area (Å²) in [4.78, 5) is 3.83. The summed E-state index contributed by atoms with van der Waals surface area (Å²) in [6.45, 7) is 16.8. The van der Waals surface area contributed by atoms with Crippen molar-refractivity contribution in [1.82, 2.24) is 9.13 Å². The second kappa shape index (κ2) is 17.7. The average molecular weight is 963 g/mol. The normalized spacial score (nSPS) is 11.7. The van der Waals surface area contributed by atoms with Crippen LogP contribution >= 0.6 is 0 Å². The minimum absolute atomic E-state index is 0.166. The summed E-state index contributed by atoms with van der Waals surface area (Å²) in [5.74, 6) is 0. The molecule has 0 amide bonds. The fraction of sp³-hybridized carbons (Fsp3) is 0.0746. The molecule has 0 unspecified atom stereocenters. The van der Waals surface area contributed by atoms with Crippen LogP contribution in [0, 0.1) is 45.6 Å². The van der Waals surface area contributed by atoms with Crippen molar-refractivity contribution in [2.75, 3.05) is 0 Å². The zero-order valence-corrected chi connectivity index (χ0v) is 41.0. The summed E-state index contributed by atoms with van der Waals surface area (Å²) in [7, 11) is 0. The van der Waals surface area contributed by atoms with Crippen molar-refractivity contribution >= 4 is 49.3 Å². The van der Waals surface area contributed by atoms with Crippen LogP contribution in [0.3, 0.4) is 0 Å². The van der Waals surface area contributed by atoms with E-state index >= 15 is 0 Å². The molecule has 12 aromatic rings. The van der Waals surface area contributed by atoms with Gasteiger partial charge in [0.25, 0.3) is 0 Å². The maximum atomic E-state index is 14.6. The molecule has 0 atom stereocenters. The summed E-state index contributed by atoms with van der Waals surface area (Å²) in [6, 6.07) is 68.6. The van der Waals surface area contributed by atoms with Crippen LogP contribution in [0.25, 0.3) is 115 Å². The highest BCUT2D eigenvalue weighted by Gasteiger charge is 2.32. The van der Waals surface area contributed by atoms with Crippen LogP contribution < -0.4 is 0 Å². The van der Waals surface area contributed by atoms with Gasteiger partial charge in [-0.05, 0) is 144 Å². The Bertz CT molecular complexity index is 3940. The standard InChI is InChI=1S/C67H45F3N4/c1-40-10-6-14-45(28-40)49-18-24-60-55(34-49)56-35-50(46-15-7-11-41(2)29-46)19-25-61(56)73(60)64-32-44(39-71)33-65(66(64)54-23-22-53(67(68,69)70)38-59(54)72-5)74-62-26-20-51(47-16-8-12-42(3)30-47)36-57(62)58-37-52(21-27-63(58)74)48-17-9-13-43(4)31-48/h6-38H,1-4H3. The minimum Gasteiger partial charge on any atom is -0.309 e. The number of aromatic nitrogens is 2. The second-order valence-electron chi connectivity index (χ2n) is 19.4. The van der Waals surface area contributed by atoms with Gasteiger partial charge in [-0.1, -0.05) is 156 Å². The highest BCUT2D eigenvalue weighted by atomic mass is 19.4. The summed E-state index contributed by atoms with van der Waals surface area (Å²) in [5.41, 5.74) is 17.3. The maximum absolute atomic E-state index is 14.6. The zero-order chi connectivity index (χ0) is 51.0. The van der Waals surface area contributed by atoms with Crippen LogP contribution in [0.5, 0.6) is 0 Å². The molecule has 10 aromatic carbocycles. The van der Waals surface area contributed by atoms with Crippen molar-refractivity contribution in [1.29, 1.82) is 5.26 Å². The number of alkyl halides is 3. The lowest BCUT2D eigenvalue weighted by Gasteiger charge is -2.22. The van der Waals surface area contributed by atoms with E-state index in [-0.39, 0.29) is 5.69 Å². The smallest absolute Gasteiger partial charge is 0.309 e. The molecule has 0 aliphatic rings. The molecule has 4 nitrogen and oxygen atoms in total. The third-order valence-corrected chi connectivity index (χ3v) is 14.4. The SMILES string of the molecule is [C-]#[N+]c1cc(C(F)(F)F)ccc1-c1c(-n2c3ccc(-c4cccc(C)c4)cc3c3cc(-c4cccc(C)c4)ccc32)cc(C#N)cc1-n1c2ccc(-c3cccc(C)c3)cc2c2cc(-c3cccc(C)c3)ccc21. The van der Waals surface area contributed by atoms with Crippen LogP contribution in [0.15, 0.2) is 200 Å². The van der Waals surface area contributed by atoms with Gasteiger partial charge in [0, 0.05) is 32.7 Å². The summed E-state index contributed by atoms with van der Waals surface area (Å²) in [6.07, 6.45) is -4.69. The van der Waals surface area contributed by atoms with Gasteiger partial charge < -0.3 is 9.13 Å². The first kappa shape index (κ1) is 45.7. The molecule has 2 aromatic heterocycles. The molecule has 0 bridgehead atoms. The Morgan fingerprint density at radius 3 is 1.05 bits per heavy atom. The van der Waals surface area contributed by atoms with Crippen LogP contribution in [-0.4, -0.2) is 9.13 Å². The van der Waals surface area contributed by atoms with Gasteiger partial charge in [-0.25, -0.2) is 4.85 Å². The summed E-state index contributed by atoms with van der Waals surface area (Å²) < 4.78 is 48.0. The van der Waals surface area contributed by atoms with Crippen molar-refractivity contribution in [2.45, 2.75) is 33.9 Å². The highest BCUT2D eigenvalue weighted by Crippen LogP contribution is 2.48. The maximum Gasteiger partial charge on any atom is 0.415 e. The molecule has 0 saturated heterocycles. The predicted octanol–water partition coefficient (Wildman–Crippen LogP) is 18.9. The van der Waals surface area contributed by atoms with Crippen molar-refractivity contribution in [3.63, 3.8) is 0 Å². The molecule has 0 aliphatic heterocycles. The van der Waals surface area contributed by atoms with E-state index in [0.29, 0.717) is 28.1 Å². The number of benzene rings is 10. The molecular weight excluding hydrogens is 918 g/mol. The van der Waals surface area contributed by atoms with Crippen LogP contribution in [0.4, 0.5) is 18.9 Å². The second-order valence-corrected chi connectivity index (χ2v) is 19.4. The number of hydrogen-bond donors (Lipinski definition) is 0. The van der Waals surface area contributed by atoms with Gasteiger partial charge >= 0.3 is 6.18 Å². The van der Waals surface area contributed by atoms with Gasteiger partial charge in [-0.3, -0.25) is 0 Å². The topological polar surface area (TPSA) is 38.0 Å². The highest BCUT2D eigenvalue weighted by molar-refractivity contribution is 6.15. The van der Waals surface area contributed by atoms with Crippen molar-refractivity contribution < 1.29 is 13.2 Å². The molecule has 7 heteroatoms. The van der Waals surface area contributed by atoms with Gasteiger partial charge in [0.1, 0.15) is 0 Å². The molecule has 0 fully saturated rings. The lowest BCUT2D eigenvalue weighted by Crippen LogP contribution is -2.07. The van der Waals surface area contributed by atoms with E-state index < -0.39 is 11.7 Å². The Hall–Kier alpha value is -9.43. The number of aryl methyl sites for hydroxylation is 4. The quantitative estimate of drug-likeness (QED) is 0.147. The zero-order valence-electron chi connectivity index (χ0n) is 41.0. The molecule has 0 aliphatic carbocycles. The van der Waals surface area contributed by atoms with Gasteiger partial charge in [0.15, 0.2) is 5.69 Å². The molecule has 0 saturated carbocycles. The Morgan fingerprint density at radius 2 is 0.757 bits per heavy atom. The lowest BCUT2D eigenvalue weighted by atomic mass is 9.95. The van der Waals surface area contributed by atoms with Crippen LogP contribution in [-0.2, 0) is 6.18 Å². The monoisotopic (exact) mass is 962 g/mol. The number of fused-ring (bicyclic) bond motifs is 6. The first-order valence-corrected chi connectivity index (χ1v) is 24.5. The van der Waals surface area contributed by atoms with E-state index in [1.165, 1.54) is 6.07 Å². The molecule has 2 heterocycles. The first-order valence-electron chi connectivity index (χ1n) is 24.5. The van der Waals surface area contributed by atoms with Gasteiger partial charge in [-0.15, -0.1) is 0 Å². The van der Waals surface area contributed by atoms with Crippen LogP contribution in [0.2, 0.25) is 0 Å². The van der Waals surface area contributed by atoms with Gasteiger partial charge in [0.05, 0.1) is 51.6 Å². The molecule has 12 rings (SSSR count). The summed E-state index contributed by atoms with van der Waals surface area (Å²) >= 11 is 0. The Morgan fingerprint density at radius 1 is 0.419 bits per heavy atom. The number of rotatable bonds is 7. The number of nitriles is 1. The van der Waals surface area contributed by atoms with E-state index in [4.69, 9.17) is 6.57 Å².